The summed E-state index contributed by atoms with van der Waals surface area (Å²) in [5, 5.41) is 8.86. The number of aliphatic carboxylic acids is 1. The lowest BCUT2D eigenvalue weighted by Gasteiger charge is -2.35. The monoisotopic (exact) mass is 287 g/mol. The SMILES string of the molecule is CC(C)(C)N(CCC(=O)O)Cc1ccc(F)c(Cl)c1. The predicted octanol–water partition coefficient (Wildman–Crippen LogP) is 3.55. The normalized spacial score (nSPS) is 11.9. The molecule has 0 unspecified atom stereocenters. The first kappa shape index (κ1) is 15.9. The number of nitrogens with zero attached hydrogens (tertiary/aromatic N) is 1. The number of hydrogen-bond donors (Lipinski definition) is 1. The zero-order chi connectivity index (χ0) is 14.6. The fourth-order valence-electron chi connectivity index (χ4n) is 1.74. The van der Waals surface area contributed by atoms with Gasteiger partial charge in [-0.2, -0.15) is 0 Å². The van der Waals surface area contributed by atoms with Gasteiger partial charge in [0.1, 0.15) is 5.82 Å². The Morgan fingerprint density at radius 2 is 2.05 bits per heavy atom. The van der Waals surface area contributed by atoms with Crippen LogP contribution in [0.15, 0.2) is 18.2 Å². The van der Waals surface area contributed by atoms with E-state index in [-0.39, 0.29) is 17.0 Å². The fraction of sp³-hybridized carbons (Fsp3) is 0.500. The van der Waals surface area contributed by atoms with Crippen LogP contribution in [0.1, 0.15) is 32.8 Å². The van der Waals surface area contributed by atoms with Gasteiger partial charge in [-0.25, -0.2) is 4.39 Å². The minimum Gasteiger partial charge on any atom is -0.481 e. The standard InChI is InChI=1S/C14H19ClFNO2/c1-14(2,3)17(7-6-13(18)19)9-10-4-5-12(16)11(15)8-10/h4-5,8H,6-7,9H2,1-3H3,(H,18,19). The van der Waals surface area contributed by atoms with Crippen molar-refractivity contribution >= 4 is 17.6 Å². The molecule has 0 aliphatic heterocycles. The molecule has 1 aromatic rings. The molecule has 0 spiro atoms. The summed E-state index contributed by atoms with van der Waals surface area (Å²) in [6.07, 6.45) is 0.0756. The summed E-state index contributed by atoms with van der Waals surface area (Å²) in [5.74, 6) is -1.27. The largest absolute Gasteiger partial charge is 0.481 e. The molecule has 0 heterocycles. The van der Waals surface area contributed by atoms with E-state index in [0.29, 0.717) is 13.1 Å². The molecule has 3 nitrogen and oxygen atoms in total. The van der Waals surface area contributed by atoms with E-state index in [9.17, 15) is 9.18 Å². The number of hydrogen-bond acceptors (Lipinski definition) is 2. The maximum atomic E-state index is 13.1. The minimum absolute atomic E-state index is 0.0756. The number of carboxylic acid groups (broad SMARTS) is 1. The van der Waals surface area contributed by atoms with E-state index in [0.717, 1.165) is 5.56 Å². The Hall–Kier alpha value is -1.13. The first-order valence-corrected chi connectivity index (χ1v) is 6.48. The summed E-state index contributed by atoms with van der Waals surface area (Å²) >= 11 is 5.75. The zero-order valence-electron chi connectivity index (χ0n) is 11.4. The van der Waals surface area contributed by atoms with Crippen LogP contribution in [0.4, 0.5) is 4.39 Å². The van der Waals surface area contributed by atoms with Crippen molar-refractivity contribution in [1.82, 2.24) is 4.90 Å². The van der Waals surface area contributed by atoms with Crippen LogP contribution < -0.4 is 0 Å². The molecular formula is C14H19ClFNO2. The van der Waals surface area contributed by atoms with Crippen LogP contribution in [-0.4, -0.2) is 28.1 Å². The Balaban J connectivity index is 2.81. The maximum absolute atomic E-state index is 13.1. The fourth-order valence-corrected chi connectivity index (χ4v) is 1.94. The summed E-state index contributed by atoms with van der Waals surface area (Å²) in [6, 6.07) is 4.58. The summed E-state index contributed by atoms with van der Waals surface area (Å²) in [6.45, 7) is 7.02. The molecule has 0 aromatic heterocycles. The van der Waals surface area contributed by atoms with E-state index >= 15 is 0 Å². The summed E-state index contributed by atoms with van der Waals surface area (Å²) < 4.78 is 13.1. The molecule has 0 bridgehead atoms. The molecule has 1 aromatic carbocycles. The van der Waals surface area contributed by atoms with Crippen molar-refractivity contribution in [2.45, 2.75) is 39.3 Å². The van der Waals surface area contributed by atoms with Gasteiger partial charge in [0.05, 0.1) is 11.4 Å². The first-order chi connectivity index (χ1) is 8.70. The van der Waals surface area contributed by atoms with E-state index in [1.807, 2.05) is 25.7 Å². The van der Waals surface area contributed by atoms with Crippen LogP contribution in [-0.2, 0) is 11.3 Å². The van der Waals surface area contributed by atoms with Crippen LogP contribution in [0.3, 0.4) is 0 Å². The predicted molar refractivity (Wildman–Crippen MR) is 73.8 cm³/mol. The van der Waals surface area contributed by atoms with E-state index in [4.69, 9.17) is 16.7 Å². The average molecular weight is 288 g/mol. The third kappa shape index (κ3) is 5.17. The number of rotatable bonds is 5. The summed E-state index contributed by atoms with van der Waals surface area (Å²) in [4.78, 5) is 12.7. The molecule has 0 aliphatic rings. The van der Waals surface area contributed by atoms with Crippen molar-refractivity contribution in [3.8, 4) is 0 Å². The number of benzene rings is 1. The van der Waals surface area contributed by atoms with E-state index in [1.165, 1.54) is 6.07 Å². The lowest BCUT2D eigenvalue weighted by atomic mass is 10.0. The molecule has 0 radical (unpaired) electrons. The zero-order valence-corrected chi connectivity index (χ0v) is 12.2. The van der Waals surface area contributed by atoms with E-state index in [1.54, 1.807) is 12.1 Å². The van der Waals surface area contributed by atoms with Gasteiger partial charge in [-0.1, -0.05) is 17.7 Å². The number of halogens is 2. The van der Waals surface area contributed by atoms with Crippen molar-refractivity contribution in [1.29, 1.82) is 0 Å². The van der Waals surface area contributed by atoms with Crippen molar-refractivity contribution in [3.05, 3.63) is 34.6 Å². The van der Waals surface area contributed by atoms with Crippen molar-refractivity contribution in [3.63, 3.8) is 0 Å². The van der Waals surface area contributed by atoms with Gasteiger partial charge in [0, 0.05) is 18.6 Å². The second-order valence-electron chi connectivity index (χ2n) is 5.48. The topological polar surface area (TPSA) is 40.5 Å². The average Bonchev–Trinajstić information content (AvgIpc) is 2.27. The van der Waals surface area contributed by atoms with Gasteiger partial charge in [-0.05, 0) is 38.5 Å². The smallest absolute Gasteiger partial charge is 0.304 e. The summed E-state index contributed by atoms with van der Waals surface area (Å²) in [5.41, 5.74) is 0.697. The third-order valence-corrected chi connectivity index (χ3v) is 3.19. The molecule has 5 heteroatoms. The Morgan fingerprint density at radius 3 is 2.53 bits per heavy atom. The van der Waals surface area contributed by atoms with Crippen LogP contribution in [0, 0.1) is 5.82 Å². The highest BCUT2D eigenvalue weighted by molar-refractivity contribution is 6.30. The van der Waals surface area contributed by atoms with Gasteiger partial charge in [0.25, 0.3) is 0 Å². The first-order valence-electron chi connectivity index (χ1n) is 6.11. The summed E-state index contributed by atoms with van der Waals surface area (Å²) in [7, 11) is 0. The lowest BCUT2D eigenvalue weighted by molar-refractivity contribution is -0.137. The highest BCUT2D eigenvalue weighted by atomic mass is 35.5. The van der Waals surface area contributed by atoms with Crippen molar-refractivity contribution in [2.75, 3.05) is 6.54 Å². The number of carboxylic acids is 1. The second kappa shape index (κ2) is 6.35. The van der Waals surface area contributed by atoms with Crippen LogP contribution in [0.5, 0.6) is 0 Å². The van der Waals surface area contributed by atoms with Crippen LogP contribution in [0.2, 0.25) is 5.02 Å². The Kier molecular flexibility index (Phi) is 5.32. The lowest BCUT2D eigenvalue weighted by Crippen LogP contribution is -2.42. The maximum Gasteiger partial charge on any atom is 0.304 e. The van der Waals surface area contributed by atoms with Crippen molar-refractivity contribution in [2.24, 2.45) is 0 Å². The molecule has 0 aliphatic carbocycles. The second-order valence-corrected chi connectivity index (χ2v) is 5.89. The molecular weight excluding hydrogens is 269 g/mol. The Labute approximate surface area is 118 Å². The van der Waals surface area contributed by atoms with Gasteiger partial charge < -0.3 is 5.11 Å². The Bertz CT molecular complexity index is 457. The highest BCUT2D eigenvalue weighted by Gasteiger charge is 2.22. The molecule has 106 valence electrons. The van der Waals surface area contributed by atoms with Crippen LogP contribution >= 0.6 is 11.6 Å². The molecule has 0 amide bonds. The molecule has 0 atom stereocenters. The minimum atomic E-state index is -0.827. The molecule has 0 saturated heterocycles. The third-order valence-electron chi connectivity index (χ3n) is 2.90. The molecule has 1 rings (SSSR count). The van der Waals surface area contributed by atoms with Crippen LogP contribution in [0.25, 0.3) is 0 Å². The quantitative estimate of drug-likeness (QED) is 0.900. The van der Waals surface area contributed by atoms with Gasteiger partial charge >= 0.3 is 5.97 Å². The van der Waals surface area contributed by atoms with Crippen molar-refractivity contribution < 1.29 is 14.3 Å². The van der Waals surface area contributed by atoms with Gasteiger partial charge in [0.15, 0.2) is 0 Å². The molecule has 0 saturated carbocycles. The van der Waals surface area contributed by atoms with Gasteiger partial charge in [-0.3, -0.25) is 9.69 Å². The van der Waals surface area contributed by atoms with E-state index in [2.05, 4.69) is 0 Å². The highest BCUT2D eigenvalue weighted by Crippen LogP contribution is 2.21. The van der Waals surface area contributed by atoms with E-state index < -0.39 is 11.8 Å². The Morgan fingerprint density at radius 1 is 1.42 bits per heavy atom. The van der Waals surface area contributed by atoms with Gasteiger partial charge in [-0.15, -0.1) is 0 Å². The molecule has 0 fully saturated rings. The molecule has 19 heavy (non-hydrogen) atoms. The molecule has 1 N–H and O–H groups in total. The van der Waals surface area contributed by atoms with Gasteiger partial charge in [0.2, 0.25) is 0 Å². The number of carbonyl (C=O) groups is 1.